The van der Waals surface area contributed by atoms with E-state index in [4.69, 9.17) is 4.74 Å². The molecule has 0 spiro atoms. The second-order valence-electron chi connectivity index (χ2n) is 6.16. The number of ether oxygens (including phenoxy) is 1. The van der Waals surface area contributed by atoms with E-state index >= 15 is 0 Å². The average Bonchev–Trinajstić information content (AvgIpc) is 3.18. The quantitative estimate of drug-likeness (QED) is 0.472. The Kier molecular flexibility index (Phi) is 6.66. The van der Waals surface area contributed by atoms with E-state index in [1.165, 1.54) is 37.2 Å². The Morgan fingerprint density at radius 2 is 1.86 bits per heavy atom. The monoisotopic (exact) mass is 413 g/mol. The molecule has 1 aromatic heterocycles. The first-order valence-electron chi connectivity index (χ1n) is 8.83. The molecule has 0 aliphatic rings. The second-order valence-corrected chi connectivity index (χ2v) is 6.93. The number of carbonyl (C=O) groups excluding carboxylic acids is 2. The molecule has 0 fully saturated rings. The minimum Gasteiger partial charge on any atom is -0.469 e. The van der Waals surface area contributed by atoms with E-state index in [9.17, 15) is 14.0 Å². The van der Waals surface area contributed by atoms with Gasteiger partial charge in [-0.1, -0.05) is 42.1 Å². The molecular weight excluding hydrogens is 393 g/mol. The Balaban J connectivity index is 1.93. The van der Waals surface area contributed by atoms with Crippen LogP contribution < -0.4 is 5.32 Å². The van der Waals surface area contributed by atoms with Gasteiger partial charge < -0.3 is 10.1 Å². The number of benzene rings is 2. The van der Waals surface area contributed by atoms with Crippen LogP contribution in [0.2, 0.25) is 0 Å². The summed E-state index contributed by atoms with van der Waals surface area (Å²) in [4.78, 5) is 29.2. The van der Waals surface area contributed by atoms with E-state index in [2.05, 4.69) is 10.3 Å². The first kappa shape index (κ1) is 20.6. The van der Waals surface area contributed by atoms with Crippen LogP contribution in [0.1, 0.15) is 28.5 Å². The Bertz CT molecular complexity index is 990. The first-order chi connectivity index (χ1) is 14.0. The molecule has 0 saturated heterocycles. The van der Waals surface area contributed by atoms with Crippen LogP contribution in [0.5, 0.6) is 0 Å². The van der Waals surface area contributed by atoms with E-state index in [1.807, 2.05) is 36.6 Å². The van der Waals surface area contributed by atoms with Crippen LogP contribution in [0.25, 0.3) is 5.69 Å². The van der Waals surface area contributed by atoms with Crippen molar-refractivity contribution >= 4 is 23.6 Å². The lowest BCUT2D eigenvalue weighted by atomic mass is 10.0. The molecule has 0 aliphatic heterocycles. The molecule has 1 amide bonds. The van der Waals surface area contributed by atoms with Crippen molar-refractivity contribution < 1.29 is 18.7 Å². The largest absolute Gasteiger partial charge is 0.469 e. The van der Waals surface area contributed by atoms with E-state index in [1.54, 1.807) is 16.7 Å². The fourth-order valence-corrected chi connectivity index (χ4v) is 3.44. The topological polar surface area (TPSA) is 73.2 Å². The predicted octanol–water partition coefficient (Wildman–Crippen LogP) is 3.77. The molecule has 0 bridgehead atoms. The van der Waals surface area contributed by atoms with Crippen molar-refractivity contribution in [3.05, 3.63) is 77.9 Å². The number of hydrogen-bond donors (Lipinski definition) is 1. The van der Waals surface area contributed by atoms with Gasteiger partial charge in [0.1, 0.15) is 11.5 Å². The van der Waals surface area contributed by atoms with Gasteiger partial charge >= 0.3 is 5.97 Å². The van der Waals surface area contributed by atoms with Gasteiger partial charge in [0.05, 0.1) is 25.8 Å². The third-order valence-corrected chi connectivity index (χ3v) is 4.99. The van der Waals surface area contributed by atoms with E-state index in [-0.39, 0.29) is 17.9 Å². The van der Waals surface area contributed by atoms with E-state index < -0.39 is 17.9 Å². The Morgan fingerprint density at radius 1 is 1.17 bits per heavy atom. The minimum atomic E-state index is -0.564. The molecule has 3 aromatic rings. The summed E-state index contributed by atoms with van der Waals surface area (Å²) in [6.07, 6.45) is 3.30. The van der Waals surface area contributed by atoms with E-state index in [0.717, 1.165) is 5.56 Å². The molecule has 8 heteroatoms. The smallest absolute Gasteiger partial charge is 0.307 e. The van der Waals surface area contributed by atoms with Crippen molar-refractivity contribution in [1.82, 2.24) is 14.9 Å². The third-order valence-electron chi connectivity index (χ3n) is 4.34. The highest BCUT2D eigenvalue weighted by atomic mass is 32.2. The summed E-state index contributed by atoms with van der Waals surface area (Å²) < 4.78 is 19.8. The van der Waals surface area contributed by atoms with Crippen LogP contribution in [0.15, 0.2) is 66.0 Å². The Morgan fingerprint density at radius 3 is 2.48 bits per heavy atom. The van der Waals surface area contributed by atoms with Gasteiger partial charge in [-0.05, 0) is 36.1 Å². The number of halogens is 1. The summed E-state index contributed by atoms with van der Waals surface area (Å²) in [5, 5.41) is 3.48. The third kappa shape index (κ3) is 4.83. The molecule has 6 nitrogen and oxygen atoms in total. The fourth-order valence-electron chi connectivity index (χ4n) is 2.90. The van der Waals surface area contributed by atoms with Gasteiger partial charge in [0, 0.05) is 5.69 Å². The number of nitrogens with zero attached hydrogens (tertiary/aromatic N) is 2. The maximum atomic E-state index is 13.3. The molecule has 0 radical (unpaired) electrons. The van der Waals surface area contributed by atoms with E-state index in [0.29, 0.717) is 10.8 Å². The van der Waals surface area contributed by atoms with Crippen LogP contribution >= 0.6 is 11.8 Å². The van der Waals surface area contributed by atoms with Gasteiger partial charge in [-0.15, -0.1) is 0 Å². The minimum absolute atomic E-state index is 0.00762. The summed E-state index contributed by atoms with van der Waals surface area (Å²) in [6, 6.07) is 14.4. The van der Waals surface area contributed by atoms with Gasteiger partial charge in [-0.25, -0.2) is 9.37 Å². The first-order valence-corrected chi connectivity index (χ1v) is 10.1. The summed E-state index contributed by atoms with van der Waals surface area (Å²) in [6.45, 7) is 0. The molecule has 1 N–H and O–H groups in total. The highest BCUT2D eigenvalue weighted by molar-refractivity contribution is 7.98. The second kappa shape index (κ2) is 9.38. The lowest BCUT2D eigenvalue weighted by Crippen LogP contribution is -2.31. The molecule has 2 aromatic carbocycles. The van der Waals surface area contributed by atoms with Crippen molar-refractivity contribution in [2.24, 2.45) is 0 Å². The van der Waals surface area contributed by atoms with Crippen molar-refractivity contribution in [2.75, 3.05) is 13.4 Å². The lowest BCUT2D eigenvalue weighted by Gasteiger charge is -2.19. The molecular formula is C21H20FN3O3S. The zero-order valence-electron chi connectivity index (χ0n) is 16.0. The predicted molar refractivity (Wildman–Crippen MR) is 109 cm³/mol. The van der Waals surface area contributed by atoms with Crippen LogP contribution in [0.4, 0.5) is 4.39 Å². The highest BCUT2D eigenvalue weighted by Crippen LogP contribution is 2.24. The Hall–Kier alpha value is -3.13. The van der Waals surface area contributed by atoms with Gasteiger partial charge in [-0.3, -0.25) is 14.2 Å². The number of amides is 1. The zero-order valence-corrected chi connectivity index (χ0v) is 16.8. The van der Waals surface area contributed by atoms with Crippen molar-refractivity contribution in [3.8, 4) is 5.69 Å². The lowest BCUT2D eigenvalue weighted by molar-refractivity contribution is -0.141. The number of methoxy groups -OCH3 is 1. The van der Waals surface area contributed by atoms with Crippen molar-refractivity contribution in [2.45, 2.75) is 17.6 Å². The molecule has 0 saturated carbocycles. The number of aromatic nitrogens is 2. The molecule has 29 heavy (non-hydrogen) atoms. The molecule has 1 atom stereocenters. The summed E-state index contributed by atoms with van der Waals surface area (Å²) in [7, 11) is 1.31. The number of hydrogen-bond acceptors (Lipinski definition) is 5. The van der Waals surface area contributed by atoms with Gasteiger partial charge in [0.15, 0.2) is 5.16 Å². The molecule has 1 heterocycles. The van der Waals surface area contributed by atoms with Crippen LogP contribution in [0, 0.1) is 5.82 Å². The van der Waals surface area contributed by atoms with Crippen molar-refractivity contribution in [1.29, 1.82) is 0 Å². The number of thioether (sulfide) groups is 1. The number of imidazole rings is 1. The van der Waals surface area contributed by atoms with Crippen LogP contribution in [0.3, 0.4) is 0 Å². The number of esters is 1. The molecule has 150 valence electrons. The maximum absolute atomic E-state index is 13.3. The Labute approximate surface area is 172 Å². The average molecular weight is 413 g/mol. The SMILES string of the molecule is COC(=O)CC(NC(=O)c1cnc(SC)n1-c1ccc(F)cc1)c1ccccc1. The van der Waals surface area contributed by atoms with Crippen LogP contribution in [-0.4, -0.2) is 34.8 Å². The number of carbonyl (C=O) groups is 2. The van der Waals surface area contributed by atoms with Gasteiger partial charge in [0.25, 0.3) is 5.91 Å². The van der Waals surface area contributed by atoms with Crippen molar-refractivity contribution in [3.63, 3.8) is 0 Å². The summed E-state index contributed by atoms with van der Waals surface area (Å²) in [5.41, 5.74) is 1.68. The number of rotatable bonds is 7. The fraction of sp³-hybridized carbons (Fsp3) is 0.190. The maximum Gasteiger partial charge on any atom is 0.307 e. The van der Waals surface area contributed by atoms with Gasteiger partial charge in [-0.2, -0.15) is 0 Å². The molecule has 1 unspecified atom stereocenters. The molecule has 0 aliphatic carbocycles. The molecule has 3 rings (SSSR count). The number of nitrogens with one attached hydrogen (secondary N) is 1. The standard InChI is InChI=1S/C21H20FN3O3S/c1-28-19(26)12-17(14-6-4-3-5-7-14)24-20(27)18-13-23-21(29-2)25(18)16-10-8-15(22)9-11-16/h3-11,13,17H,12H2,1-2H3,(H,24,27). The highest BCUT2D eigenvalue weighted by Gasteiger charge is 2.23. The van der Waals surface area contributed by atoms with Crippen LogP contribution in [-0.2, 0) is 9.53 Å². The normalized spacial score (nSPS) is 11.7. The van der Waals surface area contributed by atoms with Gasteiger partial charge in [0.2, 0.25) is 0 Å². The summed E-state index contributed by atoms with van der Waals surface area (Å²) >= 11 is 1.37. The zero-order chi connectivity index (χ0) is 20.8. The summed E-state index contributed by atoms with van der Waals surface area (Å²) in [5.74, 6) is -1.20.